The van der Waals surface area contributed by atoms with E-state index in [0.29, 0.717) is 18.9 Å². The van der Waals surface area contributed by atoms with Crippen molar-refractivity contribution < 1.29 is 9.59 Å². The third kappa shape index (κ3) is 4.30. The Bertz CT molecular complexity index is 1110. The van der Waals surface area contributed by atoms with Crippen molar-refractivity contribution in [3.05, 3.63) is 83.7 Å². The molecular formula is C27H30N4O2. The molecule has 0 saturated carbocycles. The zero-order valence-electron chi connectivity index (χ0n) is 19.1. The lowest BCUT2D eigenvalue weighted by Gasteiger charge is -2.41. The van der Waals surface area contributed by atoms with E-state index in [0.717, 1.165) is 24.1 Å². The molecule has 2 heterocycles. The van der Waals surface area contributed by atoms with Crippen molar-refractivity contribution in [2.45, 2.75) is 51.7 Å². The van der Waals surface area contributed by atoms with Crippen LogP contribution in [-0.2, 0) is 29.0 Å². The second-order valence-electron chi connectivity index (χ2n) is 9.65. The molecule has 5 rings (SSSR count). The lowest BCUT2D eigenvalue weighted by molar-refractivity contribution is -0.152. The Hall–Kier alpha value is -3.41. The van der Waals surface area contributed by atoms with Gasteiger partial charge in [-0.2, -0.15) is 5.10 Å². The molecule has 1 aliphatic heterocycles. The zero-order valence-corrected chi connectivity index (χ0v) is 19.1. The Morgan fingerprint density at radius 2 is 1.70 bits per heavy atom. The van der Waals surface area contributed by atoms with E-state index < -0.39 is 12.1 Å². The average molecular weight is 443 g/mol. The van der Waals surface area contributed by atoms with Crippen LogP contribution in [0.25, 0.3) is 5.69 Å². The van der Waals surface area contributed by atoms with Crippen LogP contribution in [-0.4, -0.2) is 38.6 Å². The van der Waals surface area contributed by atoms with Crippen molar-refractivity contribution in [3.8, 4) is 5.69 Å². The van der Waals surface area contributed by atoms with Gasteiger partial charge >= 0.3 is 0 Å². The van der Waals surface area contributed by atoms with Gasteiger partial charge in [-0.25, -0.2) is 4.68 Å². The quantitative estimate of drug-likeness (QED) is 0.635. The fourth-order valence-electron chi connectivity index (χ4n) is 5.17. The van der Waals surface area contributed by atoms with Gasteiger partial charge in [0.05, 0.1) is 5.69 Å². The topological polar surface area (TPSA) is 67.2 Å². The molecule has 0 spiro atoms. The van der Waals surface area contributed by atoms with E-state index in [9.17, 15) is 9.59 Å². The van der Waals surface area contributed by atoms with Crippen LogP contribution >= 0.6 is 0 Å². The van der Waals surface area contributed by atoms with Crippen molar-refractivity contribution in [2.75, 3.05) is 0 Å². The van der Waals surface area contributed by atoms with Crippen LogP contribution in [0.15, 0.2) is 67.0 Å². The van der Waals surface area contributed by atoms with Gasteiger partial charge in [-0.1, -0.05) is 50.2 Å². The van der Waals surface area contributed by atoms with Gasteiger partial charge in [0.15, 0.2) is 0 Å². The van der Waals surface area contributed by atoms with E-state index in [2.05, 4.69) is 36.4 Å². The molecule has 1 fully saturated rings. The van der Waals surface area contributed by atoms with E-state index in [1.54, 1.807) is 10.9 Å². The summed E-state index contributed by atoms with van der Waals surface area (Å²) in [5.74, 6) is 0.417. The molecule has 2 atom stereocenters. The van der Waals surface area contributed by atoms with Crippen molar-refractivity contribution in [3.63, 3.8) is 0 Å². The van der Waals surface area contributed by atoms with Crippen molar-refractivity contribution >= 4 is 11.8 Å². The van der Waals surface area contributed by atoms with Gasteiger partial charge in [0, 0.05) is 18.9 Å². The smallest absolute Gasteiger partial charge is 0.246 e. The molecule has 170 valence electrons. The molecule has 1 N–H and O–H groups in total. The average Bonchev–Trinajstić information content (AvgIpc) is 3.48. The Kier molecular flexibility index (Phi) is 5.75. The van der Waals surface area contributed by atoms with Gasteiger partial charge in [-0.3, -0.25) is 9.59 Å². The van der Waals surface area contributed by atoms with Gasteiger partial charge in [0.1, 0.15) is 12.1 Å². The minimum atomic E-state index is -0.475. The number of aromatic nitrogens is 2. The number of carbonyl (C=O) groups is 2. The highest BCUT2D eigenvalue weighted by molar-refractivity contribution is 5.97. The zero-order chi connectivity index (χ0) is 22.9. The predicted octanol–water partition coefficient (Wildman–Crippen LogP) is 3.53. The minimum Gasteiger partial charge on any atom is -0.342 e. The number of carbonyl (C=O) groups excluding carboxylic acids is 2. The summed E-state index contributed by atoms with van der Waals surface area (Å²) in [6.45, 7) is 4.61. The first-order valence-electron chi connectivity index (χ1n) is 11.8. The molecular weight excluding hydrogens is 412 g/mol. The summed E-state index contributed by atoms with van der Waals surface area (Å²) in [4.78, 5) is 28.8. The van der Waals surface area contributed by atoms with Crippen molar-refractivity contribution in [1.29, 1.82) is 0 Å². The standard InChI is InChI=1S/C27H30N4O2/c1-18(2)14-24-26(32)29-25(22-15-20-6-3-4-7-21(20)16-22)27(33)30(24)17-19-8-10-23(11-9-19)31-13-5-12-28-31/h3-13,18,22,24-25H,14-17H2,1-2H3,(H,29,32)/t24-,25-/m1/s1. The fraction of sp³-hybridized carbons (Fsp3) is 0.370. The molecule has 1 saturated heterocycles. The van der Waals surface area contributed by atoms with E-state index >= 15 is 0 Å². The summed E-state index contributed by atoms with van der Waals surface area (Å²) in [6.07, 6.45) is 5.95. The summed E-state index contributed by atoms with van der Waals surface area (Å²) < 4.78 is 1.80. The number of piperazine rings is 1. The number of nitrogens with zero attached hydrogens (tertiary/aromatic N) is 3. The summed E-state index contributed by atoms with van der Waals surface area (Å²) in [5.41, 5.74) is 4.55. The molecule has 2 aromatic carbocycles. The minimum absolute atomic E-state index is 0.0302. The molecule has 1 aromatic heterocycles. The molecule has 1 aliphatic carbocycles. The first kappa shape index (κ1) is 21.4. The lowest BCUT2D eigenvalue weighted by Crippen LogP contribution is -2.65. The van der Waals surface area contributed by atoms with E-state index in [1.165, 1.54) is 11.1 Å². The van der Waals surface area contributed by atoms with Crippen LogP contribution < -0.4 is 5.32 Å². The maximum atomic E-state index is 13.8. The molecule has 0 unspecified atom stereocenters. The molecule has 0 radical (unpaired) electrons. The van der Waals surface area contributed by atoms with Gasteiger partial charge in [0.2, 0.25) is 11.8 Å². The van der Waals surface area contributed by atoms with Crippen LogP contribution in [0, 0.1) is 11.8 Å². The Morgan fingerprint density at radius 3 is 2.30 bits per heavy atom. The van der Waals surface area contributed by atoms with Crippen molar-refractivity contribution in [2.24, 2.45) is 11.8 Å². The molecule has 6 heteroatoms. The van der Waals surface area contributed by atoms with Crippen LogP contribution in [0.1, 0.15) is 37.0 Å². The first-order valence-corrected chi connectivity index (χ1v) is 11.8. The third-order valence-corrected chi connectivity index (χ3v) is 6.83. The highest BCUT2D eigenvalue weighted by atomic mass is 16.2. The monoisotopic (exact) mass is 442 g/mol. The Morgan fingerprint density at radius 1 is 1.00 bits per heavy atom. The summed E-state index contributed by atoms with van der Waals surface area (Å²) in [7, 11) is 0. The molecule has 0 bridgehead atoms. The maximum Gasteiger partial charge on any atom is 0.246 e. The molecule has 2 aliphatic rings. The third-order valence-electron chi connectivity index (χ3n) is 6.83. The molecule has 2 amide bonds. The first-order chi connectivity index (χ1) is 16.0. The van der Waals surface area contributed by atoms with Gasteiger partial charge in [-0.15, -0.1) is 0 Å². The summed E-state index contributed by atoms with van der Waals surface area (Å²) >= 11 is 0. The number of fused-ring (bicyclic) bond motifs is 1. The van der Waals surface area contributed by atoms with Gasteiger partial charge in [-0.05, 0) is 66.0 Å². The summed E-state index contributed by atoms with van der Waals surface area (Å²) in [6, 6.07) is 17.3. The number of hydrogen-bond donors (Lipinski definition) is 1. The van der Waals surface area contributed by atoms with Crippen LogP contribution in [0.4, 0.5) is 0 Å². The lowest BCUT2D eigenvalue weighted by atomic mass is 9.90. The Labute approximate surface area is 194 Å². The molecule has 33 heavy (non-hydrogen) atoms. The highest BCUT2D eigenvalue weighted by Crippen LogP contribution is 2.32. The predicted molar refractivity (Wildman–Crippen MR) is 127 cm³/mol. The van der Waals surface area contributed by atoms with E-state index in [1.807, 2.05) is 53.6 Å². The molecule has 3 aromatic rings. The van der Waals surface area contributed by atoms with Crippen molar-refractivity contribution in [1.82, 2.24) is 20.0 Å². The van der Waals surface area contributed by atoms with Crippen LogP contribution in [0.3, 0.4) is 0 Å². The molecule has 6 nitrogen and oxygen atoms in total. The van der Waals surface area contributed by atoms with Crippen LogP contribution in [0.5, 0.6) is 0 Å². The Balaban J connectivity index is 1.38. The van der Waals surface area contributed by atoms with E-state index in [4.69, 9.17) is 0 Å². The largest absolute Gasteiger partial charge is 0.342 e. The van der Waals surface area contributed by atoms with Crippen LogP contribution in [0.2, 0.25) is 0 Å². The maximum absolute atomic E-state index is 13.8. The SMILES string of the molecule is CC(C)C[C@@H]1C(=O)N[C@H](C2Cc3ccccc3C2)C(=O)N1Cc1ccc(-n2cccn2)cc1. The number of amides is 2. The highest BCUT2D eigenvalue weighted by Gasteiger charge is 2.45. The normalized spacial score (nSPS) is 20.9. The number of rotatable bonds is 6. The van der Waals surface area contributed by atoms with E-state index in [-0.39, 0.29) is 17.7 Å². The van der Waals surface area contributed by atoms with Gasteiger partial charge < -0.3 is 10.2 Å². The van der Waals surface area contributed by atoms with Gasteiger partial charge in [0.25, 0.3) is 0 Å². The number of hydrogen-bond acceptors (Lipinski definition) is 3. The number of benzene rings is 2. The number of nitrogens with one attached hydrogen (secondary N) is 1. The fourth-order valence-corrected chi connectivity index (χ4v) is 5.17. The second-order valence-corrected chi connectivity index (χ2v) is 9.65. The second kappa shape index (κ2) is 8.85. The summed E-state index contributed by atoms with van der Waals surface area (Å²) in [5, 5.41) is 7.37.